The van der Waals surface area contributed by atoms with Gasteiger partial charge in [0, 0.05) is 35.0 Å². The van der Waals surface area contributed by atoms with Crippen LogP contribution in [0.1, 0.15) is 22.6 Å². The third kappa shape index (κ3) is 4.51. The van der Waals surface area contributed by atoms with Crippen molar-refractivity contribution in [2.75, 3.05) is 34.4 Å². The number of aromatic nitrogens is 1. The number of pyridine rings is 1. The average Bonchev–Trinajstić information content (AvgIpc) is 3.30. The third-order valence-electron chi connectivity index (χ3n) is 7.83. The van der Waals surface area contributed by atoms with Crippen LogP contribution in [-0.4, -0.2) is 66.7 Å². The zero-order valence-electron chi connectivity index (χ0n) is 22.4. The number of benzene rings is 2. The molecule has 3 aromatic rings. The molecule has 0 amide bonds. The Morgan fingerprint density at radius 1 is 1.12 bits per heavy atom. The molecule has 0 radical (unpaired) electrons. The van der Waals surface area contributed by atoms with Gasteiger partial charge in [-0.3, -0.25) is 4.90 Å². The number of hydrogen-bond acceptors (Lipinski definition) is 8. The summed E-state index contributed by atoms with van der Waals surface area (Å²) >= 11 is 0. The Kier molecular flexibility index (Phi) is 7.24. The first-order valence-electron chi connectivity index (χ1n) is 12.7. The average molecular weight is 572 g/mol. The summed E-state index contributed by atoms with van der Waals surface area (Å²) in [6.45, 7) is -1.45. The number of alkyl halides is 3. The summed E-state index contributed by atoms with van der Waals surface area (Å²) < 4.78 is 57.6. The minimum atomic E-state index is -4.48. The third-order valence-corrected chi connectivity index (χ3v) is 7.83. The van der Waals surface area contributed by atoms with Crippen LogP contribution in [0.2, 0.25) is 0 Å². The summed E-state index contributed by atoms with van der Waals surface area (Å²) in [6, 6.07) is 16.6. The molecule has 2 aromatic carbocycles. The molecule has 2 aliphatic rings. The van der Waals surface area contributed by atoms with Crippen LogP contribution in [0.4, 0.5) is 18.9 Å². The number of aliphatic hydroxyl groups is 2. The minimum Gasteiger partial charge on any atom is -0.481 e. The van der Waals surface area contributed by atoms with Crippen LogP contribution in [0.25, 0.3) is 10.4 Å². The molecule has 1 saturated carbocycles. The molecule has 10 nitrogen and oxygen atoms in total. The Morgan fingerprint density at radius 2 is 1.80 bits per heavy atom. The Balaban J connectivity index is 1.80. The van der Waals surface area contributed by atoms with E-state index in [1.165, 1.54) is 39.5 Å². The van der Waals surface area contributed by atoms with Gasteiger partial charge in [-0.2, -0.15) is 18.2 Å². The van der Waals surface area contributed by atoms with E-state index in [2.05, 4.69) is 15.0 Å². The Morgan fingerprint density at radius 3 is 2.39 bits per heavy atom. The van der Waals surface area contributed by atoms with Gasteiger partial charge in [0.15, 0.2) is 11.2 Å². The van der Waals surface area contributed by atoms with Crippen LogP contribution >= 0.6 is 0 Å². The maximum Gasteiger partial charge on any atom is 0.401 e. The number of fused-ring (bicyclic) bond motifs is 3. The van der Waals surface area contributed by atoms with Crippen molar-refractivity contribution in [3.63, 3.8) is 0 Å². The molecule has 5 atom stereocenters. The van der Waals surface area contributed by atoms with Crippen LogP contribution in [0.5, 0.6) is 17.5 Å². The second-order valence-corrected chi connectivity index (χ2v) is 10.2. The molecule has 13 heteroatoms. The van der Waals surface area contributed by atoms with Crippen molar-refractivity contribution in [2.45, 2.75) is 29.4 Å². The van der Waals surface area contributed by atoms with Crippen LogP contribution in [0.15, 0.2) is 65.8 Å². The number of ether oxygens (including phenoxy) is 3. The number of halogens is 3. The Bertz CT molecular complexity index is 1470. The van der Waals surface area contributed by atoms with E-state index in [0.29, 0.717) is 16.8 Å². The maximum atomic E-state index is 13.4. The Hall–Kier alpha value is -4.03. The van der Waals surface area contributed by atoms with Crippen molar-refractivity contribution in [3.05, 3.63) is 87.8 Å². The van der Waals surface area contributed by atoms with Gasteiger partial charge in [-0.1, -0.05) is 59.7 Å². The normalized spacial score (nSPS) is 26.6. The maximum absolute atomic E-state index is 13.4. The van der Waals surface area contributed by atoms with Crippen molar-refractivity contribution in [3.8, 4) is 17.5 Å². The van der Waals surface area contributed by atoms with Gasteiger partial charge in [-0.25, -0.2) is 0 Å². The van der Waals surface area contributed by atoms with Crippen molar-refractivity contribution in [2.24, 2.45) is 11.0 Å². The lowest BCUT2D eigenvalue weighted by Gasteiger charge is -2.41. The standard InChI is InChI=1S/C28H28F3N5O5/c1-36(15-26(29,30)31)14-19-22(16-7-5-4-6-8-16)28(17-9-11-18(12-10-17)34-35-32)27(38,24(19)37)23-20(41-28)13-21(39-2)33-25(23)40-3/h4-13,19,22,24,37-38H,14-15H2,1-3H3/t19-,22-,24-,27+,28+/m1/s1. The van der Waals surface area contributed by atoms with Crippen LogP contribution in [0.3, 0.4) is 0 Å². The Labute approximate surface area is 233 Å². The van der Waals surface area contributed by atoms with Gasteiger partial charge in [0.1, 0.15) is 5.75 Å². The SMILES string of the molecule is COc1cc2c(c(OC)n1)[C@]1(O)[C@H](O)[C@H](CN(C)CC(F)(F)F)[C@@H](c3ccccc3)[C@]1(c1ccc(N=[N+]=[N-])cc1)O2. The van der Waals surface area contributed by atoms with Gasteiger partial charge in [0.25, 0.3) is 0 Å². The van der Waals surface area contributed by atoms with E-state index >= 15 is 0 Å². The van der Waals surface area contributed by atoms with E-state index in [0.717, 1.165) is 4.90 Å². The van der Waals surface area contributed by atoms with Crippen LogP contribution in [0, 0.1) is 5.92 Å². The van der Waals surface area contributed by atoms with Gasteiger partial charge in [0.2, 0.25) is 11.8 Å². The van der Waals surface area contributed by atoms with Crippen molar-refractivity contribution < 1.29 is 37.6 Å². The number of nitrogens with zero attached hydrogens (tertiary/aromatic N) is 5. The van der Waals surface area contributed by atoms with E-state index in [1.807, 2.05) is 0 Å². The fraction of sp³-hybridized carbons (Fsp3) is 0.393. The summed E-state index contributed by atoms with van der Waals surface area (Å²) in [5, 5.41) is 28.4. The first kappa shape index (κ1) is 28.5. The second kappa shape index (κ2) is 10.4. The van der Waals surface area contributed by atoms with Crippen LogP contribution in [-0.2, 0) is 11.2 Å². The highest BCUT2D eigenvalue weighted by Crippen LogP contribution is 2.70. The van der Waals surface area contributed by atoms with Gasteiger partial charge in [-0.05, 0) is 23.7 Å². The molecule has 1 fully saturated rings. The molecule has 0 bridgehead atoms. The summed E-state index contributed by atoms with van der Waals surface area (Å²) in [5.74, 6) is -1.62. The van der Waals surface area contributed by atoms with E-state index < -0.39 is 41.9 Å². The number of azide groups is 1. The van der Waals surface area contributed by atoms with Crippen LogP contribution < -0.4 is 14.2 Å². The molecule has 0 unspecified atom stereocenters. The highest BCUT2D eigenvalue weighted by Gasteiger charge is 2.77. The fourth-order valence-electron chi connectivity index (χ4n) is 6.42. The summed E-state index contributed by atoms with van der Waals surface area (Å²) in [4.78, 5) is 8.18. The first-order chi connectivity index (χ1) is 19.5. The first-order valence-corrected chi connectivity index (χ1v) is 12.7. The molecular formula is C28H28F3N5O5. The van der Waals surface area contributed by atoms with Gasteiger partial charge in [0.05, 0.1) is 32.4 Å². The molecule has 2 heterocycles. The minimum absolute atomic E-state index is 0.0503. The molecule has 41 heavy (non-hydrogen) atoms. The summed E-state index contributed by atoms with van der Waals surface area (Å²) in [5.41, 5.74) is 6.24. The molecule has 0 saturated heterocycles. The van der Waals surface area contributed by atoms with E-state index in [4.69, 9.17) is 19.7 Å². The van der Waals surface area contributed by atoms with Crippen molar-refractivity contribution in [1.82, 2.24) is 9.88 Å². The molecule has 0 spiro atoms. The number of methoxy groups -OCH3 is 2. The van der Waals surface area contributed by atoms with Crippen molar-refractivity contribution in [1.29, 1.82) is 0 Å². The largest absolute Gasteiger partial charge is 0.481 e. The second-order valence-electron chi connectivity index (χ2n) is 10.2. The number of hydrogen-bond donors (Lipinski definition) is 2. The molecule has 1 aliphatic heterocycles. The van der Waals surface area contributed by atoms with Gasteiger partial charge < -0.3 is 24.4 Å². The summed E-state index contributed by atoms with van der Waals surface area (Å²) in [7, 11) is 4.05. The van der Waals surface area contributed by atoms with Crippen molar-refractivity contribution >= 4 is 5.69 Å². The molecule has 2 N–H and O–H groups in total. The van der Waals surface area contributed by atoms with E-state index in [-0.39, 0.29) is 29.6 Å². The quantitative estimate of drug-likeness (QED) is 0.226. The van der Waals surface area contributed by atoms with E-state index in [1.54, 1.807) is 42.5 Å². The molecular weight excluding hydrogens is 543 g/mol. The van der Waals surface area contributed by atoms with E-state index in [9.17, 15) is 23.4 Å². The highest BCUT2D eigenvalue weighted by molar-refractivity contribution is 5.60. The molecule has 1 aliphatic carbocycles. The predicted octanol–water partition coefficient (Wildman–Crippen LogP) is 4.78. The lowest BCUT2D eigenvalue weighted by molar-refractivity contribution is -0.155. The molecule has 216 valence electrons. The van der Waals surface area contributed by atoms with Gasteiger partial charge in [-0.15, -0.1) is 0 Å². The lowest BCUT2D eigenvalue weighted by atomic mass is 9.70. The number of aliphatic hydroxyl groups excluding tert-OH is 1. The topological polar surface area (TPSA) is 133 Å². The highest BCUT2D eigenvalue weighted by atomic mass is 19.4. The zero-order chi connectivity index (χ0) is 29.6. The predicted molar refractivity (Wildman–Crippen MR) is 141 cm³/mol. The van der Waals surface area contributed by atoms with Gasteiger partial charge >= 0.3 is 6.18 Å². The number of rotatable bonds is 8. The molecule has 5 rings (SSSR count). The zero-order valence-corrected chi connectivity index (χ0v) is 22.4. The fourth-order valence-corrected chi connectivity index (χ4v) is 6.42. The lowest BCUT2D eigenvalue weighted by Crippen LogP contribution is -2.52. The summed E-state index contributed by atoms with van der Waals surface area (Å²) in [6.07, 6.45) is -6.11. The monoisotopic (exact) mass is 571 g/mol. The molecule has 1 aromatic heterocycles. The smallest absolute Gasteiger partial charge is 0.401 e.